The molecule has 2 aliphatic rings. The summed E-state index contributed by atoms with van der Waals surface area (Å²) in [6.07, 6.45) is 7.32. The number of nitrogens with zero attached hydrogens (tertiary/aromatic N) is 2. The molecule has 2 saturated heterocycles. The molecule has 0 aliphatic carbocycles. The standard InChI is InChI=1S/C23H37N3O3/c1-3-14-27-21-9-6-7-19(16-21)17-25-23(24-2)26-12-10-20(11-13-26)29-18-22-8-4-5-15-28-22/h6-7,9,16,20,22H,3-5,8,10-15,17-18H2,1-2H3,(H,24,25). The smallest absolute Gasteiger partial charge is 0.193 e. The van der Waals surface area contributed by atoms with Crippen LogP contribution < -0.4 is 10.1 Å². The van der Waals surface area contributed by atoms with Crippen LogP contribution in [0.2, 0.25) is 0 Å². The first-order valence-corrected chi connectivity index (χ1v) is 11.2. The van der Waals surface area contributed by atoms with Crippen molar-refractivity contribution in [2.24, 2.45) is 4.99 Å². The molecule has 6 nitrogen and oxygen atoms in total. The Morgan fingerprint density at radius 2 is 2.10 bits per heavy atom. The molecule has 1 atom stereocenters. The molecule has 0 saturated carbocycles. The summed E-state index contributed by atoms with van der Waals surface area (Å²) in [7, 11) is 1.85. The highest BCUT2D eigenvalue weighted by atomic mass is 16.5. The van der Waals surface area contributed by atoms with Crippen LogP contribution in [0.5, 0.6) is 5.75 Å². The number of aliphatic imine (C=N–C) groups is 1. The number of nitrogens with one attached hydrogen (secondary N) is 1. The predicted molar refractivity (Wildman–Crippen MR) is 117 cm³/mol. The van der Waals surface area contributed by atoms with Gasteiger partial charge in [-0.3, -0.25) is 4.99 Å². The van der Waals surface area contributed by atoms with Gasteiger partial charge in [0.25, 0.3) is 0 Å². The number of hydrogen-bond acceptors (Lipinski definition) is 4. The lowest BCUT2D eigenvalue weighted by Crippen LogP contribution is -2.47. The molecular formula is C23H37N3O3. The van der Waals surface area contributed by atoms with E-state index in [2.05, 4.69) is 34.3 Å². The van der Waals surface area contributed by atoms with Crippen molar-refractivity contribution in [3.63, 3.8) is 0 Å². The topological polar surface area (TPSA) is 55.3 Å². The molecular weight excluding hydrogens is 366 g/mol. The number of guanidine groups is 1. The van der Waals surface area contributed by atoms with Gasteiger partial charge < -0.3 is 24.4 Å². The zero-order valence-corrected chi connectivity index (χ0v) is 18.1. The molecule has 2 heterocycles. The van der Waals surface area contributed by atoms with Crippen LogP contribution in [0.15, 0.2) is 29.3 Å². The van der Waals surface area contributed by atoms with Gasteiger partial charge in [0, 0.05) is 33.3 Å². The van der Waals surface area contributed by atoms with E-state index in [0.29, 0.717) is 12.2 Å². The molecule has 2 aliphatic heterocycles. The van der Waals surface area contributed by atoms with Gasteiger partial charge >= 0.3 is 0 Å². The van der Waals surface area contributed by atoms with Gasteiger partial charge in [0.1, 0.15) is 5.75 Å². The number of likely N-dealkylation sites (tertiary alicyclic amines) is 1. The minimum atomic E-state index is 0.299. The summed E-state index contributed by atoms with van der Waals surface area (Å²) in [5.41, 5.74) is 1.20. The Balaban J connectivity index is 1.39. The lowest BCUT2D eigenvalue weighted by atomic mass is 10.1. The Labute approximate surface area is 175 Å². The second-order valence-electron chi connectivity index (χ2n) is 7.90. The van der Waals surface area contributed by atoms with Crippen molar-refractivity contribution in [3.05, 3.63) is 29.8 Å². The quantitative estimate of drug-likeness (QED) is 0.531. The van der Waals surface area contributed by atoms with Gasteiger partial charge in [-0.05, 0) is 56.2 Å². The zero-order valence-electron chi connectivity index (χ0n) is 18.1. The van der Waals surface area contributed by atoms with Gasteiger partial charge in [-0.25, -0.2) is 0 Å². The van der Waals surface area contributed by atoms with Crippen molar-refractivity contribution < 1.29 is 14.2 Å². The summed E-state index contributed by atoms with van der Waals surface area (Å²) < 4.78 is 17.6. The Kier molecular flexibility index (Phi) is 9.09. The van der Waals surface area contributed by atoms with E-state index in [-0.39, 0.29) is 0 Å². The molecule has 6 heteroatoms. The summed E-state index contributed by atoms with van der Waals surface area (Å²) in [5, 5.41) is 3.50. The molecule has 0 amide bonds. The van der Waals surface area contributed by atoms with E-state index < -0.39 is 0 Å². The lowest BCUT2D eigenvalue weighted by Gasteiger charge is -2.35. The van der Waals surface area contributed by atoms with Crippen LogP contribution >= 0.6 is 0 Å². The van der Waals surface area contributed by atoms with E-state index in [1.165, 1.54) is 18.4 Å². The van der Waals surface area contributed by atoms with Crippen LogP contribution in [0.1, 0.15) is 51.0 Å². The third-order valence-corrected chi connectivity index (χ3v) is 5.57. The summed E-state index contributed by atoms with van der Waals surface area (Å²) >= 11 is 0. The molecule has 1 N–H and O–H groups in total. The van der Waals surface area contributed by atoms with Crippen LogP contribution in [0.4, 0.5) is 0 Å². The second kappa shape index (κ2) is 12.0. The first-order chi connectivity index (χ1) is 14.3. The highest BCUT2D eigenvalue weighted by Gasteiger charge is 2.23. The average molecular weight is 404 g/mol. The molecule has 1 aromatic rings. The molecule has 0 aromatic heterocycles. The molecule has 0 radical (unpaired) electrons. The minimum Gasteiger partial charge on any atom is -0.494 e. The first-order valence-electron chi connectivity index (χ1n) is 11.2. The van der Waals surface area contributed by atoms with Gasteiger partial charge in [0.05, 0.1) is 25.4 Å². The van der Waals surface area contributed by atoms with Crippen LogP contribution in [-0.4, -0.2) is 63.0 Å². The van der Waals surface area contributed by atoms with Crippen molar-refractivity contribution in [1.82, 2.24) is 10.2 Å². The maximum atomic E-state index is 6.13. The van der Waals surface area contributed by atoms with Crippen molar-refractivity contribution >= 4 is 5.96 Å². The predicted octanol–water partition coefficient (Wildman–Crippen LogP) is 3.60. The molecule has 1 unspecified atom stereocenters. The van der Waals surface area contributed by atoms with Crippen LogP contribution in [0.25, 0.3) is 0 Å². The molecule has 0 spiro atoms. The van der Waals surface area contributed by atoms with Gasteiger partial charge in [-0.15, -0.1) is 0 Å². The van der Waals surface area contributed by atoms with E-state index in [1.54, 1.807) is 0 Å². The van der Waals surface area contributed by atoms with E-state index in [9.17, 15) is 0 Å². The first kappa shape index (κ1) is 21.9. The third kappa shape index (κ3) is 7.19. The molecule has 0 bridgehead atoms. The molecule has 2 fully saturated rings. The number of hydrogen-bond donors (Lipinski definition) is 1. The van der Waals surface area contributed by atoms with E-state index in [0.717, 1.165) is 76.8 Å². The number of rotatable bonds is 8. The van der Waals surface area contributed by atoms with E-state index in [1.807, 2.05) is 19.2 Å². The molecule has 3 rings (SSSR count). The normalized spacial score (nSPS) is 21.2. The van der Waals surface area contributed by atoms with E-state index >= 15 is 0 Å². The Morgan fingerprint density at radius 3 is 2.83 bits per heavy atom. The highest BCUT2D eigenvalue weighted by Crippen LogP contribution is 2.18. The van der Waals surface area contributed by atoms with Gasteiger partial charge in [0.15, 0.2) is 5.96 Å². The molecule has 162 valence electrons. The largest absolute Gasteiger partial charge is 0.494 e. The van der Waals surface area contributed by atoms with Crippen molar-refractivity contribution in [3.8, 4) is 5.75 Å². The van der Waals surface area contributed by atoms with Crippen molar-refractivity contribution in [2.75, 3.05) is 40.0 Å². The second-order valence-corrected chi connectivity index (χ2v) is 7.90. The SMILES string of the molecule is CCCOc1cccc(CNC(=NC)N2CCC(OCC3CCCCO3)CC2)c1. The van der Waals surface area contributed by atoms with Gasteiger partial charge in [-0.1, -0.05) is 19.1 Å². The fraction of sp³-hybridized carbons (Fsp3) is 0.696. The summed E-state index contributed by atoms with van der Waals surface area (Å²) in [6, 6.07) is 8.27. The average Bonchev–Trinajstić information content (AvgIpc) is 2.78. The summed E-state index contributed by atoms with van der Waals surface area (Å²) in [5.74, 6) is 1.89. The summed E-state index contributed by atoms with van der Waals surface area (Å²) in [4.78, 5) is 6.81. The Bertz CT molecular complexity index is 624. The Morgan fingerprint density at radius 1 is 1.24 bits per heavy atom. The van der Waals surface area contributed by atoms with E-state index in [4.69, 9.17) is 14.2 Å². The third-order valence-electron chi connectivity index (χ3n) is 5.57. The van der Waals surface area contributed by atoms with Crippen LogP contribution in [-0.2, 0) is 16.0 Å². The van der Waals surface area contributed by atoms with Crippen molar-refractivity contribution in [2.45, 2.75) is 64.2 Å². The Hall–Kier alpha value is -1.79. The van der Waals surface area contributed by atoms with Crippen LogP contribution in [0.3, 0.4) is 0 Å². The maximum absolute atomic E-state index is 6.13. The monoisotopic (exact) mass is 403 g/mol. The number of benzene rings is 1. The molecule has 1 aromatic carbocycles. The summed E-state index contributed by atoms with van der Waals surface area (Å²) in [6.45, 7) is 7.18. The fourth-order valence-electron chi connectivity index (χ4n) is 3.90. The number of piperidine rings is 1. The maximum Gasteiger partial charge on any atom is 0.193 e. The van der Waals surface area contributed by atoms with Gasteiger partial charge in [0.2, 0.25) is 0 Å². The zero-order chi connectivity index (χ0) is 20.3. The lowest BCUT2D eigenvalue weighted by molar-refractivity contribution is -0.0721. The van der Waals surface area contributed by atoms with Crippen molar-refractivity contribution in [1.29, 1.82) is 0 Å². The highest BCUT2D eigenvalue weighted by molar-refractivity contribution is 5.80. The fourth-order valence-corrected chi connectivity index (χ4v) is 3.90. The molecule has 29 heavy (non-hydrogen) atoms. The van der Waals surface area contributed by atoms with Crippen LogP contribution in [0, 0.1) is 0 Å². The van der Waals surface area contributed by atoms with Gasteiger partial charge in [-0.2, -0.15) is 0 Å². The minimum absolute atomic E-state index is 0.299. The number of ether oxygens (including phenoxy) is 3.